The summed E-state index contributed by atoms with van der Waals surface area (Å²) in [6.07, 6.45) is 0.636. The molecule has 2 aromatic rings. The van der Waals surface area contributed by atoms with Gasteiger partial charge in [0, 0.05) is 6.54 Å². The van der Waals surface area contributed by atoms with Crippen molar-refractivity contribution in [1.29, 1.82) is 0 Å². The fourth-order valence-electron chi connectivity index (χ4n) is 2.57. The number of amides is 2. The molecule has 6 heteroatoms. The molecule has 0 radical (unpaired) electrons. The Hall–Kier alpha value is -3.02. The van der Waals surface area contributed by atoms with Crippen LogP contribution in [0.4, 0.5) is 5.69 Å². The molecule has 0 spiro atoms. The molecule has 0 bridgehead atoms. The van der Waals surface area contributed by atoms with Crippen LogP contribution in [0.25, 0.3) is 0 Å². The average Bonchev–Trinajstić information content (AvgIpc) is 2.80. The maximum absolute atomic E-state index is 12.1. The zero-order valence-electron chi connectivity index (χ0n) is 14.0. The summed E-state index contributed by atoms with van der Waals surface area (Å²) in [5.74, 6) is 1.28. The third-order valence-electron chi connectivity index (χ3n) is 3.92. The number of fused-ring (bicyclic) bond motifs is 1. The van der Waals surface area contributed by atoms with Gasteiger partial charge < -0.3 is 20.1 Å². The Balaban J connectivity index is 1.57. The van der Waals surface area contributed by atoms with Gasteiger partial charge in [0.2, 0.25) is 11.8 Å². The third-order valence-corrected chi connectivity index (χ3v) is 3.92. The zero-order chi connectivity index (χ0) is 17.6. The van der Waals surface area contributed by atoms with E-state index >= 15 is 0 Å². The van der Waals surface area contributed by atoms with Gasteiger partial charge in [-0.25, -0.2) is 0 Å². The van der Waals surface area contributed by atoms with Crippen LogP contribution in [0, 0.1) is 0 Å². The molecule has 1 aliphatic heterocycles. The van der Waals surface area contributed by atoms with Gasteiger partial charge in [0.05, 0.1) is 32.2 Å². The van der Waals surface area contributed by atoms with Gasteiger partial charge in [0.1, 0.15) is 11.5 Å². The number of benzene rings is 2. The molecule has 3 rings (SSSR count). The molecule has 0 saturated heterocycles. The Morgan fingerprint density at radius 3 is 2.72 bits per heavy atom. The SMILES string of the molecule is COc1ccc(CC(=O)NCc2ccc3c(c2)NC(=O)CCO3)cc1. The van der Waals surface area contributed by atoms with E-state index in [1.807, 2.05) is 42.5 Å². The van der Waals surface area contributed by atoms with Gasteiger partial charge in [0.25, 0.3) is 0 Å². The average molecular weight is 340 g/mol. The van der Waals surface area contributed by atoms with Gasteiger partial charge in [-0.1, -0.05) is 18.2 Å². The lowest BCUT2D eigenvalue weighted by Gasteiger charge is -2.10. The van der Waals surface area contributed by atoms with Crippen LogP contribution >= 0.6 is 0 Å². The minimum Gasteiger partial charge on any atom is -0.497 e. The van der Waals surface area contributed by atoms with E-state index in [0.29, 0.717) is 37.4 Å². The molecule has 2 N–H and O–H groups in total. The summed E-state index contributed by atoms with van der Waals surface area (Å²) in [4.78, 5) is 23.7. The first-order valence-corrected chi connectivity index (χ1v) is 8.09. The van der Waals surface area contributed by atoms with Crippen molar-refractivity contribution in [2.75, 3.05) is 19.0 Å². The summed E-state index contributed by atoms with van der Waals surface area (Å²) in [6.45, 7) is 0.759. The predicted octanol–water partition coefficient (Wildman–Crippen LogP) is 2.28. The molecule has 0 saturated carbocycles. The molecule has 0 aromatic heterocycles. The Kier molecular flexibility index (Phi) is 5.18. The number of hydrogen-bond donors (Lipinski definition) is 2. The van der Waals surface area contributed by atoms with E-state index in [9.17, 15) is 9.59 Å². The van der Waals surface area contributed by atoms with Crippen molar-refractivity contribution < 1.29 is 19.1 Å². The Morgan fingerprint density at radius 2 is 1.96 bits per heavy atom. The van der Waals surface area contributed by atoms with Crippen LogP contribution in [0.5, 0.6) is 11.5 Å². The second-order valence-corrected chi connectivity index (χ2v) is 5.78. The summed E-state index contributed by atoms with van der Waals surface area (Å²) in [7, 11) is 1.61. The fourth-order valence-corrected chi connectivity index (χ4v) is 2.57. The third kappa shape index (κ3) is 4.50. The molecule has 1 aliphatic rings. The van der Waals surface area contributed by atoms with Gasteiger partial charge in [-0.3, -0.25) is 9.59 Å². The predicted molar refractivity (Wildman–Crippen MR) is 93.7 cm³/mol. The maximum Gasteiger partial charge on any atom is 0.227 e. The number of nitrogens with one attached hydrogen (secondary N) is 2. The highest BCUT2D eigenvalue weighted by atomic mass is 16.5. The molecule has 6 nitrogen and oxygen atoms in total. The molecule has 2 amide bonds. The van der Waals surface area contributed by atoms with Crippen LogP contribution in [0.15, 0.2) is 42.5 Å². The molecular weight excluding hydrogens is 320 g/mol. The van der Waals surface area contributed by atoms with Crippen molar-refractivity contribution in [2.45, 2.75) is 19.4 Å². The van der Waals surface area contributed by atoms with Crippen LogP contribution in [-0.4, -0.2) is 25.5 Å². The van der Waals surface area contributed by atoms with Crippen molar-refractivity contribution in [3.05, 3.63) is 53.6 Å². The van der Waals surface area contributed by atoms with Crippen LogP contribution in [0.3, 0.4) is 0 Å². The van der Waals surface area contributed by atoms with Crippen LogP contribution in [0.1, 0.15) is 17.5 Å². The number of ether oxygens (including phenoxy) is 2. The maximum atomic E-state index is 12.1. The van der Waals surface area contributed by atoms with Crippen LogP contribution < -0.4 is 20.1 Å². The first-order valence-electron chi connectivity index (χ1n) is 8.09. The van der Waals surface area contributed by atoms with E-state index in [1.54, 1.807) is 7.11 Å². The zero-order valence-corrected chi connectivity index (χ0v) is 14.0. The topological polar surface area (TPSA) is 76.7 Å². The smallest absolute Gasteiger partial charge is 0.227 e. The van der Waals surface area contributed by atoms with Gasteiger partial charge in [-0.05, 0) is 35.4 Å². The molecule has 0 aliphatic carbocycles. The Labute approximate surface area is 146 Å². The number of methoxy groups -OCH3 is 1. The lowest BCUT2D eigenvalue weighted by molar-refractivity contribution is -0.120. The van der Waals surface area contributed by atoms with Gasteiger partial charge >= 0.3 is 0 Å². The molecule has 0 fully saturated rings. The van der Waals surface area contributed by atoms with E-state index in [1.165, 1.54) is 0 Å². The van der Waals surface area contributed by atoms with E-state index in [-0.39, 0.29) is 11.8 Å². The summed E-state index contributed by atoms with van der Waals surface area (Å²) in [6, 6.07) is 12.9. The second-order valence-electron chi connectivity index (χ2n) is 5.78. The standard InChI is InChI=1S/C19H20N2O4/c1-24-15-5-2-13(3-6-15)11-19(23)20-12-14-4-7-17-16(10-14)21-18(22)8-9-25-17/h2-7,10H,8-9,11-12H2,1H3,(H,20,23)(H,21,22). The van der Waals surface area contributed by atoms with E-state index in [4.69, 9.17) is 9.47 Å². The highest BCUT2D eigenvalue weighted by Crippen LogP contribution is 2.28. The van der Waals surface area contributed by atoms with Crippen LogP contribution in [0.2, 0.25) is 0 Å². The second kappa shape index (κ2) is 7.70. The lowest BCUT2D eigenvalue weighted by Crippen LogP contribution is -2.24. The Bertz CT molecular complexity index is 771. The summed E-state index contributed by atoms with van der Waals surface area (Å²) >= 11 is 0. The molecular formula is C19H20N2O4. The fraction of sp³-hybridized carbons (Fsp3) is 0.263. The summed E-state index contributed by atoms with van der Waals surface area (Å²) in [5, 5.41) is 5.70. The van der Waals surface area contributed by atoms with Gasteiger partial charge in [0.15, 0.2) is 0 Å². The number of carbonyl (C=O) groups excluding carboxylic acids is 2. The van der Waals surface area contributed by atoms with Crippen molar-refractivity contribution in [3.63, 3.8) is 0 Å². The van der Waals surface area contributed by atoms with Crippen molar-refractivity contribution in [3.8, 4) is 11.5 Å². The minimum atomic E-state index is -0.0700. The molecule has 130 valence electrons. The van der Waals surface area contributed by atoms with E-state index in [0.717, 1.165) is 16.9 Å². The van der Waals surface area contributed by atoms with Crippen molar-refractivity contribution in [1.82, 2.24) is 5.32 Å². The normalized spacial score (nSPS) is 13.1. The van der Waals surface area contributed by atoms with Crippen molar-refractivity contribution >= 4 is 17.5 Å². The molecule has 0 unspecified atom stereocenters. The molecule has 2 aromatic carbocycles. The number of hydrogen-bond acceptors (Lipinski definition) is 4. The quantitative estimate of drug-likeness (QED) is 0.875. The highest BCUT2D eigenvalue weighted by Gasteiger charge is 2.14. The largest absolute Gasteiger partial charge is 0.497 e. The van der Waals surface area contributed by atoms with E-state index in [2.05, 4.69) is 10.6 Å². The van der Waals surface area contributed by atoms with E-state index < -0.39 is 0 Å². The van der Waals surface area contributed by atoms with Gasteiger partial charge in [-0.2, -0.15) is 0 Å². The monoisotopic (exact) mass is 340 g/mol. The van der Waals surface area contributed by atoms with Crippen molar-refractivity contribution in [2.24, 2.45) is 0 Å². The first-order chi connectivity index (χ1) is 12.1. The number of anilines is 1. The number of rotatable bonds is 5. The first kappa shape index (κ1) is 16.8. The summed E-state index contributed by atoms with van der Waals surface area (Å²) in [5.41, 5.74) is 2.46. The minimum absolute atomic E-state index is 0.0691. The lowest BCUT2D eigenvalue weighted by atomic mass is 10.1. The highest BCUT2D eigenvalue weighted by molar-refractivity contribution is 5.93. The summed E-state index contributed by atoms with van der Waals surface area (Å²) < 4.78 is 10.6. The Morgan fingerprint density at radius 1 is 1.20 bits per heavy atom. The van der Waals surface area contributed by atoms with Crippen LogP contribution in [-0.2, 0) is 22.6 Å². The molecule has 1 heterocycles. The number of carbonyl (C=O) groups is 2. The molecule has 25 heavy (non-hydrogen) atoms. The van der Waals surface area contributed by atoms with Gasteiger partial charge in [-0.15, -0.1) is 0 Å². The molecule has 0 atom stereocenters.